The molecular formula is C36H48ClNO. The number of benzene rings is 3. The van der Waals surface area contributed by atoms with Gasteiger partial charge in [0, 0.05) is 5.57 Å². The van der Waals surface area contributed by atoms with Gasteiger partial charge in [-0.2, -0.15) is 0 Å². The van der Waals surface area contributed by atoms with Crippen LogP contribution >= 0.6 is 11.6 Å². The van der Waals surface area contributed by atoms with Crippen molar-refractivity contribution < 1.29 is 4.74 Å². The van der Waals surface area contributed by atoms with Gasteiger partial charge in [-0.3, -0.25) is 0 Å². The van der Waals surface area contributed by atoms with Gasteiger partial charge in [0.15, 0.2) is 0 Å². The highest BCUT2D eigenvalue weighted by Crippen LogP contribution is 2.35. The Morgan fingerprint density at radius 3 is 1.56 bits per heavy atom. The lowest BCUT2D eigenvalue weighted by molar-refractivity contribution is 0.295. The Balaban J connectivity index is 1.35. The summed E-state index contributed by atoms with van der Waals surface area (Å²) in [5.74, 6) is 0.919. The normalized spacial score (nSPS) is 12.0. The van der Waals surface area contributed by atoms with Crippen molar-refractivity contribution in [1.82, 2.24) is 4.90 Å². The van der Waals surface area contributed by atoms with E-state index in [1.807, 2.05) is 24.3 Å². The molecule has 0 unspecified atom stereocenters. The zero-order valence-electron chi connectivity index (χ0n) is 24.2. The summed E-state index contributed by atoms with van der Waals surface area (Å²) in [6.07, 6.45) is 13.3. The summed E-state index contributed by atoms with van der Waals surface area (Å²) < 4.78 is 6.05. The van der Waals surface area contributed by atoms with E-state index in [0.717, 1.165) is 46.1 Å². The molecule has 0 spiro atoms. The number of unbranched alkanes of at least 4 members (excludes halogenated alkanes) is 9. The van der Waals surface area contributed by atoms with Crippen LogP contribution in [0.15, 0.2) is 84.9 Å². The number of nitrogens with zero attached hydrogens (tertiary/aromatic N) is 1. The standard InChI is InChI=1S/C36H48ClNO/c1-3-38(4-2)29-19-11-9-7-5-6-8-10-12-20-30-39-34-27-25-32(26-28-34)35(31-21-15-13-16-22-31)36(37)33-23-17-14-18-24-33/h13-18,21-28H,3-12,19-20,29-30H2,1-2H3/b36-35-. The molecule has 39 heavy (non-hydrogen) atoms. The van der Waals surface area contributed by atoms with E-state index in [4.69, 9.17) is 16.3 Å². The maximum absolute atomic E-state index is 6.94. The minimum Gasteiger partial charge on any atom is -0.494 e. The van der Waals surface area contributed by atoms with Gasteiger partial charge in [0.1, 0.15) is 5.75 Å². The zero-order valence-corrected chi connectivity index (χ0v) is 25.0. The molecular weight excluding hydrogens is 498 g/mol. The Morgan fingerprint density at radius 2 is 1.03 bits per heavy atom. The van der Waals surface area contributed by atoms with Crippen LogP contribution in [0.3, 0.4) is 0 Å². The van der Waals surface area contributed by atoms with Crippen molar-refractivity contribution in [2.24, 2.45) is 0 Å². The first-order chi connectivity index (χ1) is 19.2. The maximum atomic E-state index is 6.94. The lowest BCUT2D eigenvalue weighted by atomic mass is 9.95. The molecule has 3 heteroatoms. The third kappa shape index (κ3) is 11.2. The van der Waals surface area contributed by atoms with Gasteiger partial charge in [0.05, 0.1) is 11.6 Å². The number of halogens is 1. The molecule has 0 saturated heterocycles. The van der Waals surface area contributed by atoms with E-state index in [9.17, 15) is 0 Å². The Kier molecular flexibility index (Phi) is 14.8. The van der Waals surface area contributed by atoms with E-state index in [1.54, 1.807) is 0 Å². The van der Waals surface area contributed by atoms with Crippen molar-refractivity contribution >= 4 is 22.2 Å². The Hall–Kier alpha value is -2.55. The van der Waals surface area contributed by atoms with Gasteiger partial charge in [-0.05, 0) is 61.3 Å². The molecule has 0 aliphatic heterocycles. The zero-order chi connectivity index (χ0) is 27.5. The SMILES string of the molecule is CCN(CC)CCCCCCCCCCCCOc1ccc(/C(=C(\Cl)c2ccccc2)c2ccccc2)cc1. The largest absolute Gasteiger partial charge is 0.494 e. The molecule has 0 saturated carbocycles. The molecule has 2 nitrogen and oxygen atoms in total. The van der Waals surface area contributed by atoms with Crippen molar-refractivity contribution in [2.45, 2.75) is 78.1 Å². The van der Waals surface area contributed by atoms with Crippen LogP contribution in [-0.4, -0.2) is 31.1 Å². The fourth-order valence-electron chi connectivity index (χ4n) is 5.05. The maximum Gasteiger partial charge on any atom is 0.119 e. The first-order valence-electron chi connectivity index (χ1n) is 15.2. The fourth-order valence-corrected chi connectivity index (χ4v) is 5.40. The molecule has 3 aromatic rings. The fraction of sp³-hybridized carbons (Fsp3) is 0.444. The average Bonchev–Trinajstić information content (AvgIpc) is 2.99. The molecule has 0 aliphatic carbocycles. The molecule has 3 aromatic carbocycles. The molecule has 0 amide bonds. The van der Waals surface area contributed by atoms with E-state index in [-0.39, 0.29) is 0 Å². The third-order valence-electron chi connectivity index (χ3n) is 7.48. The first kappa shape index (κ1) is 31.0. The third-order valence-corrected chi connectivity index (χ3v) is 7.89. The van der Waals surface area contributed by atoms with Crippen molar-refractivity contribution in [2.75, 3.05) is 26.2 Å². The lowest BCUT2D eigenvalue weighted by Gasteiger charge is -2.17. The molecule has 0 aromatic heterocycles. The second-order valence-corrected chi connectivity index (χ2v) is 10.7. The van der Waals surface area contributed by atoms with Gasteiger partial charge in [0.2, 0.25) is 0 Å². The van der Waals surface area contributed by atoms with Crippen LogP contribution in [0.4, 0.5) is 0 Å². The smallest absolute Gasteiger partial charge is 0.119 e. The van der Waals surface area contributed by atoms with Gasteiger partial charge in [0.25, 0.3) is 0 Å². The summed E-state index contributed by atoms with van der Waals surface area (Å²) in [4.78, 5) is 2.53. The van der Waals surface area contributed by atoms with Gasteiger partial charge >= 0.3 is 0 Å². The topological polar surface area (TPSA) is 12.5 Å². The van der Waals surface area contributed by atoms with Crippen molar-refractivity contribution in [3.63, 3.8) is 0 Å². The summed E-state index contributed by atoms with van der Waals surface area (Å²) in [5.41, 5.74) is 4.25. The second kappa shape index (κ2) is 18.7. The van der Waals surface area contributed by atoms with Crippen LogP contribution in [-0.2, 0) is 0 Å². The van der Waals surface area contributed by atoms with E-state index in [2.05, 4.69) is 79.4 Å². The highest BCUT2D eigenvalue weighted by atomic mass is 35.5. The Labute approximate surface area is 243 Å². The molecule has 0 bridgehead atoms. The minimum absolute atomic E-state index is 0.755. The Bertz CT molecular complexity index is 1060. The van der Waals surface area contributed by atoms with Crippen LogP contribution in [0.5, 0.6) is 5.75 Å². The van der Waals surface area contributed by atoms with Gasteiger partial charge < -0.3 is 9.64 Å². The van der Waals surface area contributed by atoms with Gasteiger partial charge in [-0.15, -0.1) is 0 Å². The van der Waals surface area contributed by atoms with E-state index < -0.39 is 0 Å². The number of hydrogen-bond donors (Lipinski definition) is 0. The van der Waals surface area contributed by atoms with Crippen LogP contribution in [0.1, 0.15) is 94.7 Å². The van der Waals surface area contributed by atoms with E-state index in [1.165, 1.54) is 77.4 Å². The van der Waals surface area contributed by atoms with E-state index in [0.29, 0.717) is 0 Å². The molecule has 0 N–H and O–H groups in total. The summed E-state index contributed by atoms with van der Waals surface area (Å²) in [5, 5.41) is 0.755. The van der Waals surface area contributed by atoms with Crippen LogP contribution in [0, 0.1) is 0 Å². The van der Waals surface area contributed by atoms with Crippen LogP contribution in [0.2, 0.25) is 0 Å². The summed E-state index contributed by atoms with van der Waals surface area (Å²) in [6, 6.07) is 28.9. The second-order valence-electron chi connectivity index (χ2n) is 10.4. The number of hydrogen-bond acceptors (Lipinski definition) is 2. The molecule has 0 radical (unpaired) electrons. The lowest BCUT2D eigenvalue weighted by Crippen LogP contribution is -2.23. The van der Waals surface area contributed by atoms with Crippen molar-refractivity contribution in [1.29, 1.82) is 0 Å². The molecule has 0 aliphatic rings. The number of ether oxygens (including phenoxy) is 1. The molecule has 3 rings (SSSR count). The molecule has 0 fully saturated rings. The van der Waals surface area contributed by atoms with E-state index >= 15 is 0 Å². The predicted molar refractivity (Wildman–Crippen MR) is 171 cm³/mol. The van der Waals surface area contributed by atoms with Crippen molar-refractivity contribution in [3.8, 4) is 5.75 Å². The quantitative estimate of drug-likeness (QED) is 0.110. The summed E-state index contributed by atoms with van der Waals surface area (Å²) in [6.45, 7) is 8.94. The molecule has 0 heterocycles. The minimum atomic E-state index is 0.755. The first-order valence-corrected chi connectivity index (χ1v) is 15.6. The highest BCUT2D eigenvalue weighted by molar-refractivity contribution is 6.53. The number of rotatable bonds is 19. The van der Waals surface area contributed by atoms with Gasteiger partial charge in [-0.1, -0.05) is 150 Å². The summed E-state index contributed by atoms with van der Waals surface area (Å²) in [7, 11) is 0. The monoisotopic (exact) mass is 545 g/mol. The van der Waals surface area contributed by atoms with Crippen LogP contribution in [0.25, 0.3) is 10.6 Å². The summed E-state index contributed by atoms with van der Waals surface area (Å²) >= 11 is 6.94. The van der Waals surface area contributed by atoms with Gasteiger partial charge in [-0.25, -0.2) is 0 Å². The molecule has 0 atom stereocenters. The van der Waals surface area contributed by atoms with Crippen LogP contribution < -0.4 is 4.74 Å². The van der Waals surface area contributed by atoms with Crippen molar-refractivity contribution in [3.05, 3.63) is 102 Å². The highest BCUT2D eigenvalue weighted by Gasteiger charge is 2.12. The predicted octanol–water partition coefficient (Wildman–Crippen LogP) is 10.5. The average molecular weight is 546 g/mol. The molecule has 210 valence electrons. The Morgan fingerprint density at radius 1 is 0.564 bits per heavy atom.